The van der Waals surface area contributed by atoms with Gasteiger partial charge in [-0.25, -0.2) is 9.13 Å². The van der Waals surface area contributed by atoms with Crippen molar-refractivity contribution in [1.82, 2.24) is 0 Å². The fourth-order valence-corrected chi connectivity index (χ4v) is 11.2. The zero-order valence-corrected chi connectivity index (χ0v) is 56.1. The van der Waals surface area contributed by atoms with Crippen LogP contribution in [-0.4, -0.2) is 96.7 Å². The molecule has 0 heterocycles. The van der Waals surface area contributed by atoms with Crippen LogP contribution >= 0.6 is 15.6 Å². The molecule has 0 aliphatic carbocycles. The molecule has 0 aliphatic rings. The minimum atomic E-state index is -4.95. The maximum Gasteiger partial charge on any atom is 0.472 e. The maximum absolute atomic E-state index is 13.0. The van der Waals surface area contributed by atoms with Gasteiger partial charge in [0.05, 0.1) is 26.4 Å². The zero-order valence-electron chi connectivity index (χ0n) is 54.4. The van der Waals surface area contributed by atoms with Crippen molar-refractivity contribution in [2.45, 2.75) is 336 Å². The number of unbranched alkanes of at least 4 members (excludes halogenated alkanes) is 29. The SMILES string of the molecule is CCCCCCCCCCC(=O)OC[C@H](COP(=O)(O)OC[C@H](O)COP(=O)(O)OC[C@@H](COC(=O)CCCCCCCCCCC(C)CC)OC(=O)CCCCCCCCCCCC(C)C)OC(=O)CCCCCCCCCCC(C)CC. The number of esters is 4. The molecule has 3 N–H and O–H groups in total. The molecule has 0 aliphatic heterocycles. The van der Waals surface area contributed by atoms with Gasteiger partial charge < -0.3 is 33.8 Å². The van der Waals surface area contributed by atoms with E-state index >= 15 is 0 Å². The van der Waals surface area contributed by atoms with Crippen molar-refractivity contribution in [3.63, 3.8) is 0 Å². The summed E-state index contributed by atoms with van der Waals surface area (Å²) in [6.07, 6.45) is 37.5. The summed E-state index contributed by atoms with van der Waals surface area (Å²) in [4.78, 5) is 72.2. The predicted octanol–water partition coefficient (Wildman–Crippen LogP) is 17.9. The van der Waals surface area contributed by atoms with Crippen molar-refractivity contribution >= 4 is 39.5 Å². The molecule has 0 bridgehead atoms. The lowest BCUT2D eigenvalue weighted by atomic mass is 9.99. The summed E-state index contributed by atoms with van der Waals surface area (Å²) >= 11 is 0. The zero-order chi connectivity index (χ0) is 62.4. The highest BCUT2D eigenvalue weighted by Gasteiger charge is 2.30. The number of phosphoric ester groups is 2. The lowest BCUT2D eigenvalue weighted by Gasteiger charge is -2.21. The summed E-state index contributed by atoms with van der Waals surface area (Å²) in [6, 6.07) is 0. The average Bonchev–Trinajstić information content (AvgIpc) is 3.50. The quantitative estimate of drug-likeness (QED) is 0.0222. The van der Waals surface area contributed by atoms with E-state index in [2.05, 4.69) is 48.5 Å². The Balaban J connectivity index is 5.25. The van der Waals surface area contributed by atoms with Crippen molar-refractivity contribution in [2.24, 2.45) is 17.8 Å². The number of carbonyl (C=O) groups is 4. The molecule has 0 aromatic rings. The van der Waals surface area contributed by atoms with Crippen molar-refractivity contribution < 1.29 is 80.2 Å². The first-order chi connectivity index (χ1) is 40.3. The number of rotatable bonds is 63. The van der Waals surface area contributed by atoms with Gasteiger partial charge in [0.25, 0.3) is 0 Å². The number of aliphatic hydroxyl groups is 1. The van der Waals surface area contributed by atoms with E-state index in [1.54, 1.807) is 0 Å². The van der Waals surface area contributed by atoms with Gasteiger partial charge in [-0.3, -0.25) is 37.3 Å². The van der Waals surface area contributed by atoms with Crippen molar-refractivity contribution in [3.05, 3.63) is 0 Å². The van der Waals surface area contributed by atoms with Gasteiger partial charge in [-0.2, -0.15) is 0 Å². The van der Waals surface area contributed by atoms with Crippen LogP contribution in [0.4, 0.5) is 0 Å². The van der Waals surface area contributed by atoms with Gasteiger partial charge in [0.15, 0.2) is 12.2 Å². The minimum Gasteiger partial charge on any atom is -0.462 e. The highest BCUT2D eigenvalue weighted by atomic mass is 31.2. The smallest absolute Gasteiger partial charge is 0.462 e. The van der Waals surface area contributed by atoms with Gasteiger partial charge in [-0.15, -0.1) is 0 Å². The molecule has 7 atom stereocenters. The number of hydrogen-bond donors (Lipinski definition) is 3. The maximum atomic E-state index is 13.0. The Morgan fingerprint density at radius 3 is 0.905 bits per heavy atom. The average molecular weight is 1240 g/mol. The molecule has 84 heavy (non-hydrogen) atoms. The third kappa shape index (κ3) is 56.6. The Bertz CT molecular complexity index is 1670. The molecule has 4 unspecified atom stereocenters. The van der Waals surface area contributed by atoms with E-state index in [0.29, 0.717) is 25.7 Å². The van der Waals surface area contributed by atoms with E-state index in [1.807, 2.05) is 0 Å². The molecule has 0 spiro atoms. The third-order valence-electron chi connectivity index (χ3n) is 15.6. The number of ether oxygens (including phenoxy) is 4. The molecule has 0 rings (SSSR count). The molecule has 0 amide bonds. The van der Waals surface area contributed by atoms with Crippen LogP contribution in [0.3, 0.4) is 0 Å². The normalized spacial score (nSPS) is 15.0. The standard InChI is InChI=1S/C65H126O17P2/c1-8-11-12-13-14-25-32-39-46-62(67)75-52-60(82-65(70)49-42-35-28-21-19-24-31-38-45-58(7)10-3)54-79-83(71,72)77-50-59(66)51-78-84(73,74)80-55-61(81-64(69)48-41-34-27-17-15-16-22-29-36-43-56(4)5)53-76-63(68)47-40-33-26-20-18-23-30-37-44-57(6)9-2/h56-61,66H,8-55H2,1-7H3,(H,71,72)(H,73,74)/t57?,58?,59-,60+,61+/m0/s1. The van der Waals surface area contributed by atoms with Crippen LogP contribution in [0.5, 0.6) is 0 Å². The summed E-state index contributed by atoms with van der Waals surface area (Å²) in [5.74, 6) is 0.146. The second kappa shape index (κ2) is 56.3. The fraction of sp³-hybridized carbons (Fsp3) is 0.938. The number of aliphatic hydroxyl groups excluding tert-OH is 1. The summed E-state index contributed by atoms with van der Waals surface area (Å²) < 4.78 is 68.0. The molecular formula is C65H126O17P2. The van der Waals surface area contributed by atoms with Crippen LogP contribution in [0.15, 0.2) is 0 Å². The van der Waals surface area contributed by atoms with Crippen LogP contribution in [0.2, 0.25) is 0 Å². The molecule has 498 valence electrons. The van der Waals surface area contributed by atoms with E-state index in [0.717, 1.165) is 114 Å². The van der Waals surface area contributed by atoms with Crippen molar-refractivity contribution in [1.29, 1.82) is 0 Å². The predicted molar refractivity (Wildman–Crippen MR) is 335 cm³/mol. The monoisotopic (exact) mass is 1240 g/mol. The first-order valence-corrected chi connectivity index (χ1v) is 36.9. The largest absolute Gasteiger partial charge is 0.472 e. The number of phosphoric acid groups is 2. The van der Waals surface area contributed by atoms with Crippen LogP contribution in [0.25, 0.3) is 0 Å². The van der Waals surface area contributed by atoms with Crippen LogP contribution in [-0.2, 0) is 65.4 Å². The highest BCUT2D eigenvalue weighted by Crippen LogP contribution is 2.45. The van der Waals surface area contributed by atoms with E-state index in [-0.39, 0.29) is 25.7 Å². The summed E-state index contributed by atoms with van der Waals surface area (Å²) in [5, 5.41) is 10.5. The lowest BCUT2D eigenvalue weighted by molar-refractivity contribution is -0.161. The van der Waals surface area contributed by atoms with Crippen molar-refractivity contribution in [3.8, 4) is 0 Å². The number of carbonyl (C=O) groups excluding carboxylic acids is 4. The van der Waals surface area contributed by atoms with E-state index in [9.17, 15) is 43.2 Å². The fourth-order valence-electron chi connectivity index (χ4n) is 9.59. The Labute approximate surface area is 511 Å². The Kier molecular flexibility index (Phi) is 55.0. The summed E-state index contributed by atoms with van der Waals surface area (Å²) in [7, 11) is -9.89. The molecule has 0 aromatic carbocycles. The van der Waals surface area contributed by atoms with Crippen molar-refractivity contribution in [2.75, 3.05) is 39.6 Å². The molecule has 19 heteroatoms. The molecular weight excluding hydrogens is 1110 g/mol. The Morgan fingerprint density at radius 1 is 0.345 bits per heavy atom. The highest BCUT2D eigenvalue weighted by molar-refractivity contribution is 7.47. The molecule has 0 saturated heterocycles. The Hall–Kier alpha value is -1.94. The first kappa shape index (κ1) is 82.1. The van der Waals surface area contributed by atoms with Gasteiger partial charge in [-0.05, 0) is 43.4 Å². The van der Waals surface area contributed by atoms with Crippen LogP contribution in [0.1, 0.15) is 318 Å². The molecule has 0 fully saturated rings. The first-order valence-electron chi connectivity index (χ1n) is 33.9. The van der Waals surface area contributed by atoms with Gasteiger partial charge in [-0.1, -0.05) is 267 Å². The molecule has 0 saturated carbocycles. The van der Waals surface area contributed by atoms with Gasteiger partial charge in [0.1, 0.15) is 19.3 Å². The Morgan fingerprint density at radius 2 is 0.607 bits per heavy atom. The second-order valence-corrected chi connectivity index (χ2v) is 27.4. The van der Waals surface area contributed by atoms with Crippen LogP contribution in [0, 0.1) is 17.8 Å². The summed E-state index contributed by atoms with van der Waals surface area (Å²) in [6.45, 7) is 11.8. The molecule has 0 aromatic heterocycles. The minimum absolute atomic E-state index is 0.104. The molecule has 0 radical (unpaired) electrons. The van der Waals surface area contributed by atoms with E-state index in [1.165, 1.54) is 122 Å². The lowest BCUT2D eigenvalue weighted by Crippen LogP contribution is -2.30. The van der Waals surface area contributed by atoms with Gasteiger partial charge in [0, 0.05) is 25.7 Å². The summed E-state index contributed by atoms with van der Waals surface area (Å²) in [5.41, 5.74) is 0. The van der Waals surface area contributed by atoms with E-state index < -0.39 is 97.5 Å². The van der Waals surface area contributed by atoms with Gasteiger partial charge >= 0.3 is 39.5 Å². The third-order valence-corrected chi connectivity index (χ3v) is 17.5. The second-order valence-electron chi connectivity index (χ2n) is 24.5. The molecule has 17 nitrogen and oxygen atoms in total. The number of hydrogen-bond acceptors (Lipinski definition) is 15. The van der Waals surface area contributed by atoms with Gasteiger partial charge in [0.2, 0.25) is 0 Å². The van der Waals surface area contributed by atoms with Crippen LogP contribution < -0.4 is 0 Å². The van der Waals surface area contributed by atoms with E-state index in [4.69, 9.17) is 37.0 Å². The topological polar surface area (TPSA) is 237 Å².